The first-order valence-corrected chi connectivity index (χ1v) is 12.5. The van der Waals surface area contributed by atoms with Crippen LogP contribution in [0.2, 0.25) is 0 Å². The molecule has 0 aliphatic carbocycles. The molecule has 0 spiro atoms. The van der Waals surface area contributed by atoms with E-state index in [0.29, 0.717) is 11.6 Å². The van der Waals surface area contributed by atoms with E-state index in [1.807, 2.05) is 67.8 Å². The van der Waals surface area contributed by atoms with Crippen LogP contribution in [0.5, 0.6) is 11.5 Å². The van der Waals surface area contributed by atoms with Crippen molar-refractivity contribution in [3.63, 3.8) is 0 Å². The fraction of sp³-hybridized carbons (Fsp3) is 0.414. The lowest BCUT2D eigenvalue weighted by Crippen LogP contribution is -2.17. The highest BCUT2D eigenvalue weighted by Gasteiger charge is 2.14. The zero-order valence-electron chi connectivity index (χ0n) is 20.6. The molecule has 1 atom stereocenters. The predicted molar refractivity (Wildman–Crippen MR) is 137 cm³/mol. The Balaban J connectivity index is 1.55. The van der Waals surface area contributed by atoms with Gasteiger partial charge in [-0.3, -0.25) is 4.79 Å². The van der Waals surface area contributed by atoms with Gasteiger partial charge in [0.05, 0.1) is 12.5 Å². The highest BCUT2D eigenvalue weighted by atomic mass is 16.5. The third-order valence-corrected chi connectivity index (χ3v) is 5.83. The summed E-state index contributed by atoms with van der Waals surface area (Å²) in [6, 6.07) is 15.4. The molecule has 5 nitrogen and oxygen atoms in total. The molecule has 0 N–H and O–H groups in total. The molecule has 0 amide bonds. The van der Waals surface area contributed by atoms with Gasteiger partial charge >= 0.3 is 5.97 Å². The fourth-order valence-electron chi connectivity index (χ4n) is 3.61. The maximum atomic E-state index is 12.2. The number of rotatable bonds is 13. The molecular formula is C29H36N2O3. The first-order chi connectivity index (χ1) is 16.6. The van der Waals surface area contributed by atoms with E-state index in [-0.39, 0.29) is 11.9 Å². The maximum Gasteiger partial charge on any atom is 0.314 e. The number of hydrogen-bond acceptors (Lipinski definition) is 5. The van der Waals surface area contributed by atoms with Crippen LogP contribution in [0, 0.1) is 5.92 Å². The Morgan fingerprint density at radius 3 is 2.03 bits per heavy atom. The quantitative estimate of drug-likeness (QED) is 0.150. The van der Waals surface area contributed by atoms with Crippen molar-refractivity contribution in [3.8, 4) is 34.0 Å². The molecule has 180 valence electrons. The summed E-state index contributed by atoms with van der Waals surface area (Å²) in [5.41, 5.74) is 2.83. The Hall–Kier alpha value is -3.21. The Bertz CT molecular complexity index is 999. The second-order valence-corrected chi connectivity index (χ2v) is 8.72. The van der Waals surface area contributed by atoms with Gasteiger partial charge in [0.15, 0.2) is 5.82 Å². The predicted octanol–water partition coefficient (Wildman–Crippen LogP) is 7.50. The Kier molecular flexibility index (Phi) is 10.1. The van der Waals surface area contributed by atoms with Gasteiger partial charge < -0.3 is 9.47 Å². The van der Waals surface area contributed by atoms with Crippen LogP contribution in [0.15, 0.2) is 60.9 Å². The van der Waals surface area contributed by atoms with Crippen LogP contribution in [0.1, 0.15) is 65.7 Å². The molecule has 1 heterocycles. The van der Waals surface area contributed by atoms with Crippen LogP contribution < -0.4 is 9.47 Å². The Labute approximate surface area is 203 Å². The lowest BCUT2D eigenvalue weighted by molar-refractivity contribution is -0.138. The van der Waals surface area contributed by atoms with Gasteiger partial charge in [-0.25, -0.2) is 9.97 Å². The van der Waals surface area contributed by atoms with Crippen molar-refractivity contribution in [3.05, 3.63) is 60.9 Å². The normalized spacial score (nSPS) is 11.7. The summed E-state index contributed by atoms with van der Waals surface area (Å²) < 4.78 is 11.3. The van der Waals surface area contributed by atoms with Gasteiger partial charge in [0.25, 0.3) is 0 Å². The van der Waals surface area contributed by atoms with Crippen LogP contribution in [0.4, 0.5) is 0 Å². The lowest BCUT2D eigenvalue weighted by atomic mass is 10.1. The van der Waals surface area contributed by atoms with E-state index in [9.17, 15) is 4.79 Å². The summed E-state index contributed by atoms with van der Waals surface area (Å²) in [5, 5.41) is 0. The number of hydrogen-bond donors (Lipinski definition) is 0. The van der Waals surface area contributed by atoms with Gasteiger partial charge in [-0.15, -0.1) is 0 Å². The smallest absolute Gasteiger partial charge is 0.314 e. The first-order valence-electron chi connectivity index (χ1n) is 12.5. The third-order valence-electron chi connectivity index (χ3n) is 5.83. The monoisotopic (exact) mass is 460 g/mol. The summed E-state index contributed by atoms with van der Waals surface area (Å²) in [6.45, 7) is 7.00. The third kappa shape index (κ3) is 7.68. The standard InChI is InChI=1S/C29H36N2O3/c1-4-6-8-9-19-33-26-15-13-24(14-16-26)28-30-20-25(21-31-28)23-11-17-27(18-12-23)34-29(32)22(3)10-7-5-2/h11-18,20-22H,4-10,19H2,1-3H3. The number of ether oxygens (including phenoxy) is 2. The zero-order chi connectivity index (χ0) is 24.2. The molecule has 0 aliphatic heterocycles. The second kappa shape index (κ2) is 13.5. The van der Waals surface area contributed by atoms with Crippen molar-refractivity contribution in [2.24, 2.45) is 5.92 Å². The fourth-order valence-corrected chi connectivity index (χ4v) is 3.61. The average Bonchev–Trinajstić information content (AvgIpc) is 2.88. The van der Waals surface area contributed by atoms with Crippen molar-refractivity contribution >= 4 is 5.97 Å². The average molecular weight is 461 g/mol. The number of carbonyl (C=O) groups is 1. The van der Waals surface area contributed by atoms with E-state index in [4.69, 9.17) is 9.47 Å². The zero-order valence-corrected chi connectivity index (χ0v) is 20.6. The Morgan fingerprint density at radius 2 is 1.38 bits per heavy atom. The number of esters is 1. The minimum Gasteiger partial charge on any atom is -0.494 e. The van der Waals surface area contributed by atoms with Crippen molar-refractivity contribution in [2.45, 2.75) is 65.7 Å². The van der Waals surface area contributed by atoms with Crippen LogP contribution in [-0.2, 0) is 4.79 Å². The molecule has 0 aliphatic rings. The van der Waals surface area contributed by atoms with Crippen LogP contribution in [0.3, 0.4) is 0 Å². The number of aromatic nitrogens is 2. The van der Waals surface area contributed by atoms with Crippen molar-refractivity contribution in [2.75, 3.05) is 6.61 Å². The molecule has 0 fully saturated rings. The van der Waals surface area contributed by atoms with Gasteiger partial charge in [0.2, 0.25) is 0 Å². The summed E-state index contributed by atoms with van der Waals surface area (Å²) in [7, 11) is 0. The summed E-state index contributed by atoms with van der Waals surface area (Å²) in [4.78, 5) is 21.3. The molecule has 3 rings (SSSR count). The van der Waals surface area contributed by atoms with Crippen LogP contribution >= 0.6 is 0 Å². The second-order valence-electron chi connectivity index (χ2n) is 8.72. The number of benzene rings is 2. The molecule has 3 aromatic rings. The van der Waals surface area contributed by atoms with E-state index in [2.05, 4.69) is 23.8 Å². The minimum atomic E-state index is -0.179. The minimum absolute atomic E-state index is 0.0907. The number of unbranched alkanes of at least 4 members (excludes halogenated alkanes) is 4. The van der Waals surface area contributed by atoms with Crippen LogP contribution in [0.25, 0.3) is 22.5 Å². The highest BCUT2D eigenvalue weighted by molar-refractivity contribution is 5.75. The molecule has 0 saturated carbocycles. The van der Waals surface area contributed by atoms with E-state index in [1.54, 1.807) is 0 Å². The SMILES string of the molecule is CCCCCCOc1ccc(-c2ncc(-c3ccc(OC(=O)C(C)CCCC)cc3)cn2)cc1. The van der Waals surface area contributed by atoms with Crippen LogP contribution in [-0.4, -0.2) is 22.5 Å². The molecule has 0 saturated heterocycles. The maximum absolute atomic E-state index is 12.2. The van der Waals surface area contributed by atoms with Gasteiger partial charge in [-0.2, -0.15) is 0 Å². The topological polar surface area (TPSA) is 61.3 Å². The molecule has 1 unspecified atom stereocenters. The molecule has 0 bridgehead atoms. The van der Waals surface area contributed by atoms with Gasteiger partial charge in [0, 0.05) is 23.5 Å². The first kappa shape index (κ1) is 25.4. The molecule has 1 aromatic heterocycles. The van der Waals surface area contributed by atoms with Gasteiger partial charge in [-0.1, -0.05) is 65.0 Å². The molecule has 34 heavy (non-hydrogen) atoms. The highest BCUT2D eigenvalue weighted by Crippen LogP contribution is 2.25. The van der Waals surface area contributed by atoms with Crippen molar-refractivity contribution in [1.82, 2.24) is 9.97 Å². The number of carbonyl (C=O) groups excluding carboxylic acids is 1. The van der Waals surface area contributed by atoms with E-state index in [0.717, 1.165) is 54.7 Å². The molecule has 2 aromatic carbocycles. The Morgan fingerprint density at radius 1 is 0.765 bits per heavy atom. The largest absolute Gasteiger partial charge is 0.494 e. The molecule has 5 heteroatoms. The summed E-state index contributed by atoms with van der Waals surface area (Å²) in [6.07, 6.45) is 11.4. The van der Waals surface area contributed by atoms with Crippen molar-refractivity contribution in [1.29, 1.82) is 0 Å². The summed E-state index contributed by atoms with van der Waals surface area (Å²) >= 11 is 0. The summed E-state index contributed by atoms with van der Waals surface area (Å²) in [5.74, 6) is 1.83. The number of nitrogens with zero attached hydrogens (tertiary/aromatic N) is 2. The van der Waals surface area contributed by atoms with E-state index < -0.39 is 0 Å². The molecular weight excluding hydrogens is 424 g/mol. The van der Waals surface area contributed by atoms with Gasteiger partial charge in [0.1, 0.15) is 11.5 Å². The lowest BCUT2D eigenvalue weighted by Gasteiger charge is -2.11. The molecule has 0 radical (unpaired) electrons. The van der Waals surface area contributed by atoms with Crippen molar-refractivity contribution < 1.29 is 14.3 Å². The van der Waals surface area contributed by atoms with E-state index in [1.165, 1.54) is 19.3 Å². The van der Waals surface area contributed by atoms with Gasteiger partial charge in [-0.05, 0) is 54.8 Å². The van der Waals surface area contributed by atoms with E-state index >= 15 is 0 Å².